The normalized spacial score (nSPS) is 10.5. The van der Waals surface area contributed by atoms with Crippen molar-refractivity contribution in [1.82, 2.24) is 0 Å². The summed E-state index contributed by atoms with van der Waals surface area (Å²) in [5.74, 6) is 0.775. The highest BCUT2D eigenvalue weighted by atomic mass is 16.5. The van der Waals surface area contributed by atoms with Crippen LogP contribution in [0.1, 0.15) is 55.7 Å². The summed E-state index contributed by atoms with van der Waals surface area (Å²) in [7, 11) is 0. The Labute approximate surface area is 221 Å². The van der Waals surface area contributed by atoms with Gasteiger partial charge in [-0.05, 0) is 97.7 Å². The van der Waals surface area contributed by atoms with Gasteiger partial charge in [-0.2, -0.15) is 0 Å². The van der Waals surface area contributed by atoms with Crippen molar-refractivity contribution in [3.8, 4) is 16.9 Å². The van der Waals surface area contributed by atoms with Crippen molar-refractivity contribution < 1.29 is 14.3 Å². The Morgan fingerprint density at radius 3 is 2.24 bits per heavy atom. The first-order chi connectivity index (χ1) is 18.0. The molecule has 0 aliphatic rings. The second-order valence-corrected chi connectivity index (χ2v) is 9.14. The third-order valence-corrected chi connectivity index (χ3v) is 6.17. The van der Waals surface area contributed by atoms with Gasteiger partial charge in [0.15, 0.2) is 0 Å². The number of unbranched alkanes of at least 4 members (excludes halogenated alkanes) is 3. The topological polar surface area (TPSA) is 71.4 Å². The molecule has 5 heteroatoms. The summed E-state index contributed by atoms with van der Waals surface area (Å²) < 4.78 is 10.8. The molecule has 0 saturated heterocycles. The van der Waals surface area contributed by atoms with E-state index in [4.69, 9.17) is 14.9 Å². The van der Waals surface area contributed by atoms with Gasteiger partial charge in [0.2, 0.25) is 0 Å². The van der Waals surface area contributed by atoms with E-state index < -0.39 is 0 Å². The standard InChI is InChI=1S/C32H38N2O3/c1-4-10-25-11-13-26(14-12-25)28-17-20-30(24(3)23-28)34-32(33)27-15-18-29(19-16-27)36-21-8-6-7-9-22-37-31(35)5-2/h5,11-20,23H,2,4,6-10,21-22H2,1,3H3,(H2,33,34). The minimum absolute atomic E-state index is 0.350. The number of rotatable bonds is 14. The van der Waals surface area contributed by atoms with Crippen molar-refractivity contribution in [3.63, 3.8) is 0 Å². The molecule has 0 radical (unpaired) electrons. The number of anilines is 1. The molecule has 3 aromatic carbocycles. The predicted molar refractivity (Wildman–Crippen MR) is 153 cm³/mol. The summed E-state index contributed by atoms with van der Waals surface area (Å²) in [6.45, 7) is 8.71. The van der Waals surface area contributed by atoms with E-state index in [0.29, 0.717) is 19.0 Å². The zero-order valence-corrected chi connectivity index (χ0v) is 22.0. The Kier molecular flexibility index (Phi) is 11.0. The lowest BCUT2D eigenvalue weighted by Crippen LogP contribution is -2.12. The average Bonchev–Trinajstić information content (AvgIpc) is 2.92. The number of carbonyl (C=O) groups is 1. The SMILES string of the molecule is C=CC(=O)OCCCCCCOc1ccc(C(=N)Nc2ccc(-c3ccc(CCC)cc3)cc2C)cc1. The molecular weight excluding hydrogens is 460 g/mol. The molecule has 0 bridgehead atoms. The minimum atomic E-state index is -0.369. The van der Waals surface area contributed by atoms with Crippen LogP contribution in [0.3, 0.4) is 0 Å². The van der Waals surface area contributed by atoms with Crippen LogP contribution in [0.4, 0.5) is 5.69 Å². The van der Waals surface area contributed by atoms with Crippen molar-refractivity contribution in [3.05, 3.63) is 96.1 Å². The zero-order chi connectivity index (χ0) is 26.5. The summed E-state index contributed by atoms with van der Waals surface area (Å²) in [6, 6.07) is 22.7. The number of aryl methyl sites for hydroxylation is 2. The van der Waals surface area contributed by atoms with E-state index >= 15 is 0 Å². The van der Waals surface area contributed by atoms with Crippen LogP contribution in [0, 0.1) is 12.3 Å². The lowest BCUT2D eigenvalue weighted by atomic mass is 10.00. The van der Waals surface area contributed by atoms with Gasteiger partial charge in [0.05, 0.1) is 13.2 Å². The lowest BCUT2D eigenvalue weighted by molar-refractivity contribution is -0.137. The van der Waals surface area contributed by atoms with Gasteiger partial charge in [-0.3, -0.25) is 5.41 Å². The number of hydrogen-bond acceptors (Lipinski definition) is 4. The summed E-state index contributed by atoms with van der Waals surface area (Å²) in [4.78, 5) is 11.0. The highest BCUT2D eigenvalue weighted by Crippen LogP contribution is 2.26. The van der Waals surface area contributed by atoms with E-state index in [1.807, 2.05) is 30.3 Å². The second kappa shape index (κ2) is 14.6. The van der Waals surface area contributed by atoms with Crippen LogP contribution in [0.2, 0.25) is 0 Å². The quantitative estimate of drug-likeness (QED) is 0.0784. The number of ether oxygens (including phenoxy) is 2. The van der Waals surface area contributed by atoms with Crippen LogP contribution in [0.15, 0.2) is 79.4 Å². The van der Waals surface area contributed by atoms with E-state index in [1.165, 1.54) is 22.8 Å². The number of nitrogens with one attached hydrogen (secondary N) is 2. The Balaban J connectivity index is 1.44. The maximum atomic E-state index is 11.0. The third-order valence-electron chi connectivity index (χ3n) is 6.17. The van der Waals surface area contributed by atoms with E-state index in [0.717, 1.165) is 61.1 Å². The molecule has 194 valence electrons. The Morgan fingerprint density at radius 2 is 1.59 bits per heavy atom. The lowest BCUT2D eigenvalue weighted by Gasteiger charge is -2.13. The van der Waals surface area contributed by atoms with Gasteiger partial charge in [0, 0.05) is 17.3 Å². The highest BCUT2D eigenvalue weighted by molar-refractivity contribution is 6.06. The zero-order valence-electron chi connectivity index (χ0n) is 22.0. The van der Waals surface area contributed by atoms with Crippen LogP contribution < -0.4 is 10.1 Å². The Hall–Kier alpha value is -3.86. The summed E-state index contributed by atoms with van der Waals surface area (Å²) in [5.41, 5.74) is 6.57. The monoisotopic (exact) mass is 498 g/mol. The molecule has 2 N–H and O–H groups in total. The molecule has 0 aliphatic heterocycles. The van der Waals surface area contributed by atoms with Gasteiger partial charge < -0.3 is 14.8 Å². The molecule has 5 nitrogen and oxygen atoms in total. The van der Waals surface area contributed by atoms with Crippen molar-refractivity contribution >= 4 is 17.5 Å². The fourth-order valence-corrected chi connectivity index (χ4v) is 4.04. The summed E-state index contributed by atoms with van der Waals surface area (Å²) in [6.07, 6.45) is 7.23. The number of benzene rings is 3. The number of amidine groups is 1. The van der Waals surface area contributed by atoms with Crippen molar-refractivity contribution in [2.45, 2.75) is 52.4 Å². The molecule has 3 aromatic rings. The fraction of sp³-hybridized carbons (Fsp3) is 0.312. The molecule has 0 unspecified atom stereocenters. The minimum Gasteiger partial charge on any atom is -0.494 e. The van der Waals surface area contributed by atoms with Crippen LogP contribution in [-0.2, 0) is 16.0 Å². The van der Waals surface area contributed by atoms with Gasteiger partial charge in [0.1, 0.15) is 11.6 Å². The maximum absolute atomic E-state index is 11.0. The van der Waals surface area contributed by atoms with E-state index in [1.54, 1.807) is 0 Å². The number of hydrogen-bond donors (Lipinski definition) is 2. The van der Waals surface area contributed by atoms with Gasteiger partial charge in [-0.15, -0.1) is 0 Å². The average molecular weight is 499 g/mol. The molecule has 0 fully saturated rings. The number of esters is 1. The van der Waals surface area contributed by atoms with Gasteiger partial charge >= 0.3 is 5.97 Å². The molecule has 37 heavy (non-hydrogen) atoms. The predicted octanol–water partition coefficient (Wildman–Crippen LogP) is 7.72. The third kappa shape index (κ3) is 8.94. The second-order valence-electron chi connectivity index (χ2n) is 9.14. The number of carbonyl (C=O) groups excluding carboxylic acids is 1. The maximum Gasteiger partial charge on any atom is 0.330 e. The van der Waals surface area contributed by atoms with Gasteiger partial charge in [0.25, 0.3) is 0 Å². The molecule has 0 amide bonds. The first-order valence-electron chi connectivity index (χ1n) is 13.1. The van der Waals surface area contributed by atoms with Crippen molar-refractivity contribution in [2.75, 3.05) is 18.5 Å². The largest absolute Gasteiger partial charge is 0.494 e. The smallest absolute Gasteiger partial charge is 0.330 e. The van der Waals surface area contributed by atoms with Crippen LogP contribution in [0.5, 0.6) is 5.75 Å². The van der Waals surface area contributed by atoms with E-state index in [-0.39, 0.29) is 5.97 Å². The first kappa shape index (κ1) is 27.7. The highest BCUT2D eigenvalue weighted by Gasteiger charge is 2.07. The Bertz CT molecular complexity index is 1170. The molecule has 0 atom stereocenters. The Morgan fingerprint density at radius 1 is 0.919 bits per heavy atom. The summed E-state index contributed by atoms with van der Waals surface area (Å²) >= 11 is 0. The molecule has 0 aromatic heterocycles. The van der Waals surface area contributed by atoms with Gasteiger partial charge in [-0.25, -0.2) is 4.79 Å². The van der Waals surface area contributed by atoms with Crippen LogP contribution in [0.25, 0.3) is 11.1 Å². The molecule has 0 aliphatic carbocycles. The van der Waals surface area contributed by atoms with E-state index in [9.17, 15) is 4.79 Å². The van der Waals surface area contributed by atoms with Gasteiger partial charge in [-0.1, -0.05) is 50.3 Å². The summed E-state index contributed by atoms with van der Waals surface area (Å²) in [5, 5.41) is 11.8. The van der Waals surface area contributed by atoms with Crippen molar-refractivity contribution in [2.24, 2.45) is 0 Å². The molecule has 0 saturated carbocycles. The van der Waals surface area contributed by atoms with E-state index in [2.05, 4.69) is 62.1 Å². The molecule has 0 heterocycles. The van der Waals surface area contributed by atoms with Crippen LogP contribution >= 0.6 is 0 Å². The first-order valence-corrected chi connectivity index (χ1v) is 13.1. The van der Waals surface area contributed by atoms with Crippen molar-refractivity contribution in [1.29, 1.82) is 5.41 Å². The fourth-order valence-electron chi connectivity index (χ4n) is 4.04. The molecule has 0 spiro atoms. The molecule has 3 rings (SSSR count). The van der Waals surface area contributed by atoms with Crippen LogP contribution in [-0.4, -0.2) is 25.0 Å². The molecular formula is C32H38N2O3.